The Bertz CT molecular complexity index is 261. The van der Waals surface area contributed by atoms with Crippen LogP contribution in [0.2, 0.25) is 0 Å². The zero-order chi connectivity index (χ0) is 13.0. The van der Waals surface area contributed by atoms with Crippen molar-refractivity contribution in [2.75, 3.05) is 26.7 Å². The number of nitrogens with zero attached hydrogens (tertiary/aromatic N) is 2. The Balaban J connectivity index is 0.00000289. The van der Waals surface area contributed by atoms with E-state index < -0.39 is 0 Å². The molecular weight excluding hydrogens is 250 g/mol. The maximum Gasteiger partial charge on any atom is 0.236 e. The van der Waals surface area contributed by atoms with Gasteiger partial charge in [-0.15, -0.1) is 12.4 Å². The second kappa shape index (κ2) is 7.97. The van der Waals surface area contributed by atoms with Gasteiger partial charge in [0.1, 0.15) is 0 Å². The van der Waals surface area contributed by atoms with Crippen LogP contribution >= 0.6 is 12.4 Å². The van der Waals surface area contributed by atoms with E-state index in [2.05, 4.69) is 11.8 Å². The molecule has 1 fully saturated rings. The predicted octanol–water partition coefficient (Wildman–Crippen LogP) is 1.33. The summed E-state index contributed by atoms with van der Waals surface area (Å²) in [6.07, 6.45) is 2.41. The van der Waals surface area contributed by atoms with Gasteiger partial charge in [-0.05, 0) is 39.2 Å². The van der Waals surface area contributed by atoms with Gasteiger partial charge in [0.2, 0.25) is 5.91 Å². The Hall–Kier alpha value is -0.320. The van der Waals surface area contributed by atoms with E-state index in [4.69, 9.17) is 5.73 Å². The van der Waals surface area contributed by atoms with Crippen LogP contribution in [0, 0.1) is 5.92 Å². The molecule has 108 valence electrons. The average molecular weight is 278 g/mol. The number of hydrogen-bond acceptors (Lipinski definition) is 3. The fraction of sp³-hybridized carbons (Fsp3) is 0.923. The fourth-order valence-corrected chi connectivity index (χ4v) is 2.49. The van der Waals surface area contributed by atoms with E-state index in [0.717, 1.165) is 6.54 Å². The quantitative estimate of drug-likeness (QED) is 0.844. The highest BCUT2D eigenvalue weighted by Gasteiger charge is 2.29. The van der Waals surface area contributed by atoms with Gasteiger partial charge in [-0.3, -0.25) is 9.69 Å². The van der Waals surface area contributed by atoms with Crippen molar-refractivity contribution in [2.45, 2.75) is 45.7 Å². The van der Waals surface area contributed by atoms with Crippen molar-refractivity contribution in [3.8, 4) is 0 Å². The summed E-state index contributed by atoms with van der Waals surface area (Å²) in [7, 11) is 1.87. The second-order valence-corrected chi connectivity index (χ2v) is 5.49. The van der Waals surface area contributed by atoms with Crippen molar-refractivity contribution < 1.29 is 4.79 Å². The van der Waals surface area contributed by atoms with Crippen LogP contribution in [-0.2, 0) is 4.79 Å². The van der Waals surface area contributed by atoms with Crippen molar-refractivity contribution in [3.05, 3.63) is 0 Å². The highest BCUT2D eigenvalue weighted by atomic mass is 35.5. The normalized spacial score (nSPS) is 24.8. The Morgan fingerprint density at radius 2 is 2.11 bits per heavy atom. The number of likely N-dealkylation sites (tertiary alicyclic amines) is 1. The molecule has 1 amide bonds. The molecule has 0 aromatic rings. The van der Waals surface area contributed by atoms with Gasteiger partial charge in [0.25, 0.3) is 0 Å². The fourth-order valence-electron chi connectivity index (χ4n) is 2.49. The Labute approximate surface area is 117 Å². The SMILES string of the molecule is CC1CCCN(CC(=O)N(C)C(C)C)C1CN.Cl. The third-order valence-corrected chi connectivity index (χ3v) is 3.98. The van der Waals surface area contributed by atoms with E-state index in [9.17, 15) is 4.79 Å². The van der Waals surface area contributed by atoms with Crippen LogP contribution in [0.4, 0.5) is 0 Å². The second-order valence-electron chi connectivity index (χ2n) is 5.49. The Morgan fingerprint density at radius 3 is 2.61 bits per heavy atom. The van der Waals surface area contributed by atoms with Gasteiger partial charge < -0.3 is 10.6 Å². The van der Waals surface area contributed by atoms with Gasteiger partial charge in [-0.1, -0.05) is 6.92 Å². The highest BCUT2D eigenvalue weighted by Crippen LogP contribution is 2.22. The number of hydrogen-bond donors (Lipinski definition) is 1. The van der Waals surface area contributed by atoms with Crippen molar-refractivity contribution in [3.63, 3.8) is 0 Å². The van der Waals surface area contributed by atoms with Gasteiger partial charge in [0.05, 0.1) is 6.54 Å². The third kappa shape index (κ3) is 4.41. The number of carbonyl (C=O) groups excluding carboxylic acids is 1. The van der Waals surface area contributed by atoms with Gasteiger partial charge in [0, 0.05) is 25.7 Å². The first-order valence-electron chi connectivity index (χ1n) is 6.67. The summed E-state index contributed by atoms with van der Waals surface area (Å²) < 4.78 is 0. The molecule has 2 unspecified atom stereocenters. The number of amides is 1. The number of rotatable bonds is 4. The lowest BCUT2D eigenvalue weighted by Gasteiger charge is -2.39. The maximum absolute atomic E-state index is 12.1. The van der Waals surface area contributed by atoms with Crippen molar-refractivity contribution >= 4 is 18.3 Å². The summed E-state index contributed by atoms with van der Waals surface area (Å²) >= 11 is 0. The number of piperidine rings is 1. The molecule has 0 aromatic heterocycles. The molecule has 0 spiro atoms. The van der Waals surface area contributed by atoms with Crippen LogP contribution < -0.4 is 5.73 Å². The molecule has 4 nitrogen and oxygen atoms in total. The zero-order valence-corrected chi connectivity index (χ0v) is 12.9. The van der Waals surface area contributed by atoms with Gasteiger partial charge >= 0.3 is 0 Å². The topological polar surface area (TPSA) is 49.6 Å². The summed E-state index contributed by atoms with van der Waals surface area (Å²) in [4.78, 5) is 16.1. The van der Waals surface area contributed by atoms with Crippen LogP contribution in [0.15, 0.2) is 0 Å². The monoisotopic (exact) mass is 277 g/mol. The van der Waals surface area contributed by atoms with Gasteiger partial charge in [-0.2, -0.15) is 0 Å². The molecule has 0 bridgehead atoms. The summed E-state index contributed by atoms with van der Waals surface area (Å²) in [5.74, 6) is 0.804. The van der Waals surface area contributed by atoms with Crippen LogP contribution in [0.1, 0.15) is 33.6 Å². The highest BCUT2D eigenvalue weighted by molar-refractivity contribution is 5.85. The molecule has 18 heavy (non-hydrogen) atoms. The lowest BCUT2D eigenvalue weighted by atomic mass is 9.91. The summed E-state index contributed by atoms with van der Waals surface area (Å²) in [6, 6.07) is 0.634. The van der Waals surface area contributed by atoms with E-state index in [-0.39, 0.29) is 24.4 Å². The number of carbonyl (C=O) groups is 1. The van der Waals surface area contributed by atoms with Gasteiger partial charge in [-0.25, -0.2) is 0 Å². The van der Waals surface area contributed by atoms with E-state index in [0.29, 0.717) is 25.0 Å². The van der Waals surface area contributed by atoms with Crippen LogP contribution in [0.3, 0.4) is 0 Å². The molecule has 0 radical (unpaired) electrons. The van der Waals surface area contributed by atoms with E-state index in [1.165, 1.54) is 12.8 Å². The lowest BCUT2D eigenvalue weighted by Crippen LogP contribution is -2.52. The maximum atomic E-state index is 12.1. The molecule has 1 heterocycles. The third-order valence-electron chi connectivity index (χ3n) is 3.98. The summed E-state index contributed by atoms with van der Waals surface area (Å²) in [5, 5.41) is 0. The molecule has 2 atom stereocenters. The van der Waals surface area contributed by atoms with E-state index in [1.54, 1.807) is 0 Å². The minimum atomic E-state index is 0. The van der Waals surface area contributed by atoms with Crippen LogP contribution in [-0.4, -0.2) is 54.5 Å². The number of likely N-dealkylation sites (N-methyl/N-ethyl adjacent to an activating group) is 1. The van der Waals surface area contributed by atoms with E-state index in [1.807, 2.05) is 25.8 Å². The molecule has 0 saturated carbocycles. The van der Waals surface area contributed by atoms with Crippen LogP contribution in [0.5, 0.6) is 0 Å². The summed E-state index contributed by atoms with van der Waals surface area (Å²) in [6.45, 7) is 8.49. The van der Waals surface area contributed by atoms with E-state index >= 15 is 0 Å². The standard InChI is InChI=1S/C13H27N3O.ClH/c1-10(2)15(4)13(17)9-16-7-5-6-11(3)12(16)8-14;/h10-12H,5-9,14H2,1-4H3;1H. The van der Waals surface area contributed by atoms with Gasteiger partial charge in [0.15, 0.2) is 0 Å². The van der Waals surface area contributed by atoms with Crippen molar-refractivity contribution in [1.29, 1.82) is 0 Å². The molecule has 1 aliphatic rings. The molecule has 1 rings (SSSR count). The first kappa shape index (κ1) is 17.7. The minimum absolute atomic E-state index is 0. The lowest BCUT2D eigenvalue weighted by molar-refractivity contribution is -0.133. The molecule has 2 N–H and O–H groups in total. The van der Waals surface area contributed by atoms with Crippen LogP contribution in [0.25, 0.3) is 0 Å². The minimum Gasteiger partial charge on any atom is -0.342 e. The molecule has 0 aliphatic carbocycles. The van der Waals surface area contributed by atoms with Crippen molar-refractivity contribution in [1.82, 2.24) is 9.80 Å². The predicted molar refractivity (Wildman–Crippen MR) is 78.0 cm³/mol. The summed E-state index contributed by atoms with van der Waals surface area (Å²) in [5.41, 5.74) is 5.83. The first-order valence-corrected chi connectivity index (χ1v) is 6.67. The molecule has 1 aliphatic heterocycles. The molecule has 0 aromatic carbocycles. The smallest absolute Gasteiger partial charge is 0.236 e. The number of nitrogens with two attached hydrogens (primary N) is 1. The molecule has 5 heteroatoms. The molecular formula is C13H28ClN3O. The average Bonchev–Trinajstić information content (AvgIpc) is 2.28. The zero-order valence-electron chi connectivity index (χ0n) is 12.1. The Morgan fingerprint density at radius 1 is 1.50 bits per heavy atom. The molecule has 1 saturated heterocycles. The Kier molecular flexibility index (Phi) is 7.83. The van der Waals surface area contributed by atoms with Crippen molar-refractivity contribution in [2.24, 2.45) is 11.7 Å². The largest absolute Gasteiger partial charge is 0.342 e. The first-order chi connectivity index (χ1) is 7.97. The number of halogens is 1.